The van der Waals surface area contributed by atoms with Crippen LogP contribution in [-0.4, -0.2) is 55.4 Å². The number of hydrogen-bond donors (Lipinski definition) is 0. The Kier molecular flexibility index (Phi) is 4.27. The van der Waals surface area contributed by atoms with Crippen LogP contribution < -0.4 is 5.46 Å². The first-order chi connectivity index (χ1) is 11.1. The Bertz CT molecular complexity index is 636. The van der Waals surface area contributed by atoms with E-state index in [9.17, 15) is 4.79 Å². The fourth-order valence-corrected chi connectivity index (χ4v) is 2.98. The van der Waals surface area contributed by atoms with Crippen LogP contribution in [0.3, 0.4) is 0 Å². The van der Waals surface area contributed by atoms with Crippen LogP contribution in [0.5, 0.6) is 0 Å². The molecule has 2 fully saturated rings. The Hall–Kier alpha value is -1.37. The SMILES string of the molecule is COC1CN(C(=O)c2ccc(B3OC(C)(C)C(C)(C)O3)c(C)c2)C1. The predicted octanol–water partition coefficient (Wildman–Crippen LogP) is 1.77. The molecule has 0 bridgehead atoms. The van der Waals surface area contributed by atoms with Crippen molar-refractivity contribution >= 4 is 18.5 Å². The molecule has 1 aromatic rings. The average Bonchev–Trinajstić information content (AvgIpc) is 2.65. The number of aryl methyl sites for hydroxylation is 1. The van der Waals surface area contributed by atoms with Crippen LogP contribution in [0.25, 0.3) is 0 Å². The summed E-state index contributed by atoms with van der Waals surface area (Å²) in [5.41, 5.74) is 1.94. The molecule has 2 aliphatic rings. The summed E-state index contributed by atoms with van der Waals surface area (Å²) in [5, 5.41) is 0. The minimum absolute atomic E-state index is 0.0480. The first-order valence-electron chi connectivity index (χ1n) is 8.43. The molecule has 0 aliphatic carbocycles. The van der Waals surface area contributed by atoms with Crippen molar-refractivity contribution < 1.29 is 18.8 Å². The molecule has 0 saturated carbocycles. The van der Waals surface area contributed by atoms with Crippen molar-refractivity contribution in [1.29, 1.82) is 0 Å². The Morgan fingerprint density at radius 3 is 2.29 bits per heavy atom. The van der Waals surface area contributed by atoms with E-state index >= 15 is 0 Å². The number of nitrogens with zero attached hydrogens (tertiary/aromatic N) is 1. The lowest BCUT2D eigenvalue weighted by Gasteiger charge is -2.38. The van der Waals surface area contributed by atoms with Crippen molar-refractivity contribution in [3.63, 3.8) is 0 Å². The van der Waals surface area contributed by atoms with Gasteiger partial charge in [0, 0.05) is 25.8 Å². The van der Waals surface area contributed by atoms with E-state index in [1.807, 2.05) is 52.8 Å². The van der Waals surface area contributed by atoms with Crippen LogP contribution >= 0.6 is 0 Å². The average molecular weight is 331 g/mol. The molecule has 2 aliphatic heterocycles. The molecule has 130 valence electrons. The molecule has 0 N–H and O–H groups in total. The Labute approximate surface area is 144 Å². The summed E-state index contributed by atoms with van der Waals surface area (Å²) in [6, 6.07) is 5.72. The molecule has 6 heteroatoms. The van der Waals surface area contributed by atoms with Crippen LogP contribution in [0.1, 0.15) is 43.6 Å². The van der Waals surface area contributed by atoms with E-state index in [-0.39, 0.29) is 23.2 Å². The molecular weight excluding hydrogens is 305 g/mol. The second-order valence-electron chi connectivity index (χ2n) is 7.73. The molecule has 0 radical (unpaired) electrons. The summed E-state index contributed by atoms with van der Waals surface area (Å²) < 4.78 is 17.4. The minimum atomic E-state index is -0.402. The Morgan fingerprint density at radius 1 is 1.21 bits per heavy atom. The van der Waals surface area contributed by atoms with Gasteiger partial charge in [-0.05, 0) is 52.2 Å². The molecule has 1 amide bonds. The van der Waals surface area contributed by atoms with Crippen LogP contribution in [0, 0.1) is 6.92 Å². The largest absolute Gasteiger partial charge is 0.495 e. The maximum Gasteiger partial charge on any atom is 0.495 e. The van der Waals surface area contributed by atoms with Crippen molar-refractivity contribution in [2.75, 3.05) is 20.2 Å². The van der Waals surface area contributed by atoms with Crippen molar-refractivity contribution in [3.05, 3.63) is 29.3 Å². The Morgan fingerprint density at radius 2 is 1.79 bits per heavy atom. The summed E-state index contributed by atoms with van der Waals surface area (Å²) in [7, 11) is 1.27. The summed E-state index contributed by atoms with van der Waals surface area (Å²) in [4.78, 5) is 14.3. The molecule has 0 spiro atoms. The molecule has 1 aromatic carbocycles. The van der Waals surface area contributed by atoms with Gasteiger partial charge in [-0.3, -0.25) is 4.79 Å². The van der Waals surface area contributed by atoms with Gasteiger partial charge in [-0.25, -0.2) is 0 Å². The van der Waals surface area contributed by atoms with Crippen molar-refractivity contribution in [1.82, 2.24) is 4.90 Å². The van der Waals surface area contributed by atoms with Gasteiger partial charge >= 0.3 is 7.12 Å². The number of likely N-dealkylation sites (tertiary alicyclic amines) is 1. The van der Waals surface area contributed by atoms with Crippen molar-refractivity contribution in [2.45, 2.75) is 51.9 Å². The summed E-state index contributed by atoms with van der Waals surface area (Å²) in [6.07, 6.45) is 0.166. The van der Waals surface area contributed by atoms with Crippen molar-refractivity contribution in [3.8, 4) is 0 Å². The maximum absolute atomic E-state index is 12.5. The highest BCUT2D eigenvalue weighted by Crippen LogP contribution is 2.36. The summed E-state index contributed by atoms with van der Waals surface area (Å²) >= 11 is 0. The molecule has 2 heterocycles. The number of rotatable bonds is 3. The van der Waals surface area contributed by atoms with E-state index < -0.39 is 7.12 Å². The number of amides is 1. The minimum Gasteiger partial charge on any atom is -0.399 e. The van der Waals surface area contributed by atoms with Crippen LogP contribution in [0.15, 0.2) is 18.2 Å². The normalized spacial score (nSPS) is 22.6. The molecule has 3 rings (SSSR count). The zero-order valence-electron chi connectivity index (χ0n) is 15.4. The zero-order valence-corrected chi connectivity index (χ0v) is 15.4. The topological polar surface area (TPSA) is 48.0 Å². The lowest BCUT2D eigenvalue weighted by atomic mass is 9.75. The number of methoxy groups -OCH3 is 1. The predicted molar refractivity (Wildman–Crippen MR) is 93.6 cm³/mol. The molecular formula is C18H26BNO4. The lowest BCUT2D eigenvalue weighted by Crippen LogP contribution is -2.54. The summed E-state index contributed by atoms with van der Waals surface area (Å²) in [6.45, 7) is 11.5. The second kappa shape index (κ2) is 5.86. The number of carbonyl (C=O) groups excluding carboxylic acids is 1. The maximum atomic E-state index is 12.5. The first kappa shape index (κ1) is 17.5. The molecule has 0 aromatic heterocycles. The van der Waals surface area contributed by atoms with E-state index in [2.05, 4.69) is 0 Å². The smallest absolute Gasteiger partial charge is 0.399 e. The fourth-order valence-electron chi connectivity index (χ4n) is 2.98. The summed E-state index contributed by atoms with van der Waals surface area (Å²) in [5.74, 6) is 0.0480. The van der Waals surface area contributed by atoms with E-state index in [0.717, 1.165) is 11.0 Å². The number of benzene rings is 1. The third kappa shape index (κ3) is 2.87. The van der Waals surface area contributed by atoms with Gasteiger partial charge < -0.3 is 18.9 Å². The number of carbonyl (C=O) groups is 1. The first-order valence-corrected chi connectivity index (χ1v) is 8.43. The number of hydrogen-bond acceptors (Lipinski definition) is 4. The fraction of sp³-hybridized carbons (Fsp3) is 0.611. The molecule has 2 saturated heterocycles. The van der Waals surface area contributed by atoms with Gasteiger partial charge in [0.05, 0.1) is 17.3 Å². The van der Waals surface area contributed by atoms with Gasteiger partial charge in [0.25, 0.3) is 5.91 Å². The van der Waals surface area contributed by atoms with E-state index in [0.29, 0.717) is 18.7 Å². The van der Waals surface area contributed by atoms with Gasteiger partial charge in [-0.2, -0.15) is 0 Å². The van der Waals surface area contributed by atoms with Gasteiger partial charge in [0.1, 0.15) is 0 Å². The molecule has 5 nitrogen and oxygen atoms in total. The highest BCUT2D eigenvalue weighted by Gasteiger charge is 2.52. The Balaban J connectivity index is 1.75. The van der Waals surface area contributed by atoms with Gasteiger partial charge in [0.15, 0.2) is 0 Å². The third-order valence-electron chi connectivity index (χ3n) is 5.49. The van der Waals surface area contributed by atoms with Gasteiger partial charge in [-0.15, -0.1) is 0 Å². The van der Waals surface area contributed by atoms with Gasteiger partial charge in [-0.1, -0.05) is 11.6 Å². The quantitative estimate of drug-likeness (QED) is 0.792. The molecule has 0 unspecified atom stereocenters. The highest BCUT2D eigenvalue weighted by atomic mass is 16.7. The second-order valence-corrected chi connectivity index (χ2v) is 7.73. The van der Waals surface area contributed by atoms with E-state index in [1.165, 1.54) is 0 Å². The standard InChI is InChI=1S/C18H26BNO4/c1-12-9-13(16(21)20-10-14(11-20)22-6)7-8-15(12)19-23-17(2,3)18(4,5)24-19/h7-9,14H,10-11H2,1-6H3. The van der Waals surface area contributed by atoms with Gasteiger partial charge in [0.2, 0.25) is 0 Å². The van der Waals surface area contributed by atoms with Crippen molar-refractivity contribution in [2.24, 2.45) is 0 Å². The van der Waals surface area contributed by atoms with Crippen LogP contribution in [0.4, 0.5) is 0 Å². The zero-order chi connectivity index (χ0) is 17.7. The molecule has 24 heavy (non-hydrogen) atoms. The lowest BCUT2D eigenvalue weighted by molar-refractivity contribution is -0.0191. The van der Waals surface area contributed by atoms with E-state index in [1.54, 1.807) is 12.0 Å². The van der Waals surface area contributed by atoms with Crippen LogP contribution in [0.2, 0.25) is 0 Å². The number of ether oxygens (including phenoxy) is 1. The van der Waals surface area contributed by atoms with Crippen LogP contribution in [-0.2, 0) is 14.0 Å². The van der Waals surface area contributed by atoms with E-state index in [4.69, 9.17) is 14.0 Å². The molecule has 0 atom stereocenters. The monoisotopic (exact) mass is 331 g/mol. The third-order valence-corrected chi connectivity index (χ3v) is 5.49. The highest BCUT2D eigenvalue weighted by molar-refractivity contribution is 6.62.